The molecule has 1 saturated heterocycles. The van der Waals surface area contributed by atoms with Crippen molar-refractivity contribution >= 4 is 0 Å². The molecule has 3 heteroatoms. The third kappa shape index (κ3) is 1.43. The summed E-state index contributed by atoms with van der Waals surface area (Å²) in [5, 5.41) is 3.22. The van der Waals surface area contributed by atoms with Crippen molar-refractivity contribution in [2.24, 2.45) is 0 Å². The van der Waals surface area contributed by atoms with Gasteiger partial charge in [-0.05, 0) is 0 Å². The highest BCUT2D eigenvalue weighted by molar-refractivity contribution is 4.63. The maximum atomic E-state index is 5.30. The summed E-state index contributed by atoms with van der Waals surface area (Å²) in [4.78, 5) is 0. The van der Waals surface area contributed by atoms with Gasteiger partial charge in [0.2, 0.25) is 0 Å². The fourth-order valence-electron chi connectivity index (χ4n) is 0.805. The van der Waals surface area contributed by atoms with E-state index in [9.17, 15) is 0 Å². The fourth-order valence-corrected chi connectivity index (χ4v) is 0.805. The van der Waals surface area contributed by atoms with Gasteiger partial charge in [0.25, 0.3) is 0 Å². The monoisotopic (exact) mass is 117 g/mol. The molecule has 0 unspecified atom stereocenters. The van der Waals surface area contributed by atoms with Crippen molar-refractivity contribution in [1.82, 2.24) is 5.32 Å². The Bertz CT molecular complexity index is 61.4. The van der Waals surface area contributed by atoms with Gasteiger partial charge in [-0.3, -0.25) is 0 Å². The van der Waals surface area contributed by atoms with Gasteiger partial charge in [-0.15, -0.1) is 0 Å². The molecule has 1 aliphatic heterocycles. The SMILES string of the molecule is [NH3+]C[C@H]1CNCCO1. The molecule has 3 nitrogen and oxygen atoms in total. The summed E-state index contributed by atoms with van der Waals surface area (Å²) < 4.78 is 5.30. The van der Waals surface area contributed by atoms with Gasteiger partial charge in [0.1, 0.15) is 12.6 Å². The van der Waals surface area contributed by atoms with Gasteiger partial charge in [-0.2, -0.15) is 0 Å². The first-order valence-electron chi connectivity index (χ1n) is 3.05. The van der Waals surface area contributed by atoms with Crippen LogP contribution in [0.4, 0.5) is 0 Å². The summed E-state index contributed by atoms with van der Waals surface area (Å²) in [6.45, 7) is 3.70. The highest BCUT2D eigenvalue weighted by atomic mass is 16.5. The van der Waals surface area contributed by atoms with Crippen LogP contribution in [-0.2, 0) is 4.74 Å². The summed E-state index contributed by atoms with van der Waals surface area (Å²) in [5.41, 5.74) is 3.74. The average molecular weight is 117 g/mol. The van der Waals surface area contributed by atoms with E-state index in [4.69, 9.17) is 4.74 Å². The predicted molar refractivity (Wildman–Crippen MR) is 30.4 cm³/mol. The van der Waals surface area contributed by atoms with Crippen molar-refractivity contribution in [3.05, 3.63) is 0 Å². The van der Waals surface area contributed by atoms with Gasteiger partial charge in [0.15, 0.2) is 0 Å². The van der Waals surface area contributed by atoms with E-state index in [1.165, 1.54) is 0 Å². The molecule has 8 heavy (non-hydrogen) atoms. The molecule has 0 radical (unpaired) electrons. The molecule has 4 N–H and O–H groups in total. The minimum atomic E-state index is 0.365. The van der Waals surface area contributed by atoms with Crippen LogP contribution in [0.1, 0.15) is 0 Å². The second-order valence-corrected chi connectivity index (χ2v) is 1.99. The molecule has 0 aromatic heterocycles. The lowest BCUT2D eigenvalue weighted by molar-refractivity contribution is -0.386. The third-order valence-electron chi connectivity index (χ3n) is 1.33. The zero-order valence-electron chi connectivity index (χ0n) is 5.02. The van der Waals surface area contributed by atoms with Crippen molar-refractivity contribution in [2.75, 3.05) is 26.2 Å². The average Bonchev–Trinajstić information content (AvgIpc) is 1.90. The van der Waals surface area contributed by atoms with E-state index in [1.807, 2.05) is 0 Å². The van der Waals surface area contributed by atoms with Crippen LogP contribution in [0, 0.1) is 0 Å². The van der Waals surface area contributed by atoms with Crippen LogP contribution < -0.4 is 11.1 Å². The lowest BCUT2D eigenvalue weighted by atomic mass is 10.3. The van der Waals surface area contributed by atoms with E-state index < -0.39 is 0 Å². The van der Waals surface area contributed by atoms with Crippen LogP contribution in [0.2, 0.25) is 0 Å². The number of ether oxygens (including phenoxy) is 1. The van der Waals surface area contributed by atoms with Gasteiger partial charge in [0.05, 0.1) is 6.61 Å². The minimum absolute atomic E-state index is 0.365. The maximum Gasteiger partial charge on any atom is 0.119 e. The Kier molecular flexibility index (Phi) is 2.27. The molecule has 0 aromatic carbocycles. The van der Waals surface area contributed by atoms with E-state index >= 15 is 0 Å². The second kappa shape index (κ2) is 3.02. The van der Waals surface area contributed by atoms with Crippen LogP contribution in [0.5, 0.6) is 0 Å². The van der Waals surface area contributed by atoms with Crippen molar-refractivity contribution < 1.29 is 10.5 Å². The lowest BCUT2D eigenvalue weighted by Gasteiger charge is -2.19. The summed E-state index contributed by atoms with van der Waals surface area (Å²) in [7, 11) is 0. The molecule has 0 amide bonds. The molecule has 0 aromatic rings. The highest BCUT2D eigenvalue weighted by Crippen LogP contribution is 1.90. The molecular weight excluding hydrogens is 104 g/mol. The van der Waals surface area contributed by atoms with Gasteiger partial charge >= 0.3 is 0 Å². The van der Waals surface area contributed by atoms with E-state index in [-0.39, 0.29) is 0 Å². The van der Waals surface area contributed by atoms with Crippen LogP contribution in [0.15, 0.2) is 0 Å². The van der Waals surface area contributed by atoms with Gasteiger partial charge in [-0.1, -0.05) is 0 Å². The molecule has 1 fully saturated rings. The fraction of sp³-hybridized carbons (Fsp3) is 1.00. The summed E-state index contributed by atoms with van der Waals surface area (Å²) in [6, 6.07) is 0. The topological polar surface area (TPSA) is 48.9 Å². The summed E-state index contributed by atoms with van der Waals surface area (Å²) >= 11 is 0. The predicted octanol–water partition coefficient (Wildman–Crippen LogP) is -1.78. The maximum absolute atomic E-state index is 5.30. The second-order valence-electron chi connectivity index (χ2n) is 1.99. The number of morpholine rings is 1. The first-order valence-corrected chi connectivity index (χ1v) is 3.05. The van der Waals surface area contributed by atoms with Crippen LogP contribution in [0.3, 0.4) is 0 Å². The number of hydrogen-bond donors (Lipinski definition) is 2. The van der Waals surface area contributed by atoms with Crippen LogP contribution in [0.25, 0.3) is 0 Å². The zero-order valence-corrected chi connectivity index (χ0v) is 5.02. The van der Waals surface area contributed by atoms with E-state index in [0.717, 1.165) is 26.2 Å². The molecule has 48 valence electrons. The van der Waals surface area contributed by atoms with Crippen molar-refractivity contribution in [1.29, 1.82) is 0 Å². The quantitative estimate of drug-likeness (QED) is 0.426. The van der Waals surface area contributed by atoms with Crippen molar-refractivity contribution in [2.45, 2.75) is 6.10 Å². The Hall–Kier alpha value is -0.120. The summed E-state index contributed by atoms with van der Waals surface area (Å²) in [6.07, 6.45) is 0.365. The molecule has 1 aliphatic rings. The third-order valence-corrected chi connectivity index (χ3v) is 1.33. The molecule has 0 spiro atoms. The smallest absolute Gasteiger partial charge is 0.119 e. The van der Waals surface area contributed by atoms with E-state index in [1.54, 1.807) is 0 Å². The Morgan fingerprint density at radius 1 is 1.75 bits per heavy atom. The highest BCUT2D eigenvalue weighted by Gasteiger charge is 2.11. The zero-order chi connectivity index (χ0) is 5.82. The molecule has 0 aliphatic carbocycles. The Morgan fingerprint density at radius 3 is 3.00 bits per heavy atom. The molecule has 1 heterocycles. The van der Waals surface area contributed by atoms with E-state index in [2.05, 4.69) is 11.1 Å². The molecule has 0 saturated carbocycles. The Labute approximate surface area is 49.2 Å². The number of nitrogens with one attached hydrogen (secondary N) is 1. The molecule has 1 atom stereocenters. The Balaban J connectivity index is 2.13. The van der Waals surface area contributed by atoms with Crippen molar-refractivity contribution in [3.8, 4) is 0 Å². The van der Waals surface area contributed by atoms with Gasteiger partial charge < -0.3 is 15.8 Å². The van der Waals surface area contributed by atoms with Gasteiger partial charge in [0, 0.05) is 13.1 Å². The largest absolute Gasteiger partial charge is 0.370 e. The molecule has 1 rings (SSSR count). The van der Waals surface area contributed by atoms with Crippen LogP contribution in [-0.4, -0.2) is 32.3 Å². The minimum Gasteiger partial charge on any atom is -0.370 e. The molecular formula is C5H13N2O+. The van der Waals surface area contributed by atoms with Crippen LogP contribution >= 0.6 is 0 Å². The first-order chi connectivity index (χ1) is 3.93. The van der Waals surface area contributed by atoms with Crippen molar-refractivity contribution in [3.63, 3.8) is 0 Å². The molecule has 0 bridgehead atoms. The lowest BCUT2D eigenvalue weighted by Crippen LogP contribution is -2.59. The Morgan fingerprint density at radius 2 is 2.62 bits per heavy atom. The number of rotatable bonds is 1. The summed E-state index contributed by atoms with van der Waals surface area (Å²) in [5.74, 6) is 0. The standard InChI is InChI=1S/C5H12N2O/c6-3-5-4-7-1-2-8-5/h5,7H,1-4,6H2/p+1/t5-/m0/s1. The first kappa shape index (κ1) is 6.01. The number of hydrogen-bond acceptors (Lipinski definition) is 2. The van der Waals surface area contributed by atoms with E-state index in [0.29, 0.717) is 6.10 Å². The number of quaternary nitrogens is 1. The normalized spacial score (nSPS) is 30.4. The van der Waals surface area contributed by atoms with Gasteiger partial charge in [-0.25, -0.2) is 0 Å².